The summed E-state index contributed by atoms with van der Waals surface area (Å²) in [6.45, 7) is 2.37. The minimum absolute atomic E-state index is 0.0558. The van der Waals surface area contributed by atoms with Crippen molar-refractivity contribution in [2.75, 3.05) is 18.9 Å². The number of carbonyl (C=O) groups excluding carboxylic acids is 1. The highest BCUT2D eigenvalue weighted by Gasteiger charge is 2.29. The Kier molecular flexibility index (Phi) is 4.22. The summed E-state index contributed by atoms with van der Waals surface area (Å²) in [6.07, 6.45) is 3.15. The van der Waals surface area contributed by atoms with Crippen molar-refractivity contribution in [1.82, 2.24) is 4.90 Å². The molecule has 1 amide bonds. The zero-order valence-electron chi connectivity index (χ0n) is 11.8. The van der Waals surface area contributed by atoms with Gasteiger partial charge in [0.25, 0.3) is 11.6 Å². The van der Waals surface area contributed by atoms with E-state index in [0.29, 0.717) is 17.8 Å². The van der Waals surface area contributed by atoms with Gasteiger partial charge in [-0.15, -0.1) is 0 Å². The van der Waals surface area contributed by atoms with Gasteiger partial charge in [-0.05, 0) is 32.3 Å². The second-order valence-electron chi connectivity index (χ2n) is 4.99. The lowest BCUT2D eigenvalue weighted by atomic mass is 9.91. The fraction of sp³-hybridized carbons (Fsp3) is 0.500. The Bertz CT molecular complexity index is 526. The topological polar surface area (TPSA) is 75.5 Å². The SMILES string of the molecule is CCNc1c(C(=O)N(C)C2CCC2)cccc1[N+](=O)[O-]. The molecule has 0 radical (unpaired) electrons. The van der Waals surface area contributed by atoms with Gasteiger partial charge in [0.15, 0.2) is 0 Å². The minimum Gasteiger partial charge on any atom is -0.379 e. The summed E-state index contributed by atoms with van der Waals surface area (Å²) in [7, 11) is 1.76. The van der Waals surface area contributed by atoms with Crippen LogP contribution in [0.25, 0.3) is 0 Å². The molecular formula is C14H19N3O3. The predicted octanol–water partition coefficient (Wildman–Crippen LogP) is 2.65. The van der Waals surface area contributed by atoms with E-state index in [9.17, 15) is 14.9 Å². The summed E-state index contributed by atoms with van der Waals surface area (Å²) in [5.41, 5.74) is 0.631. The number of nitrogens with zero attached hydrogens (tertiary/aromatic N) is 2. The van der Waals surface area contributed by atoms with Crippen molar-refractivity contribution in [3.63, 3.8) is 0 Å². The molecule has 0 saturated heterocycles. The molecule has 20 heavy (non-hydrogen) atoms. The van der Waals surface area contributed by atoms with Crippen LogP contribution in [0.2, 0.25) is 0 Å². The summed E-state index contributed by atoms with van der Waals surface area (Å²) >= 11 is 0. The van der Waals surface area contributed by atoms with Crippen molar-refractivity contribution in [3.05, 3.63) is 33.9 Å². The smallest absolute Gasteiger partial charge is 0.293 e. The summed E-state index contributed by atoms with van der Waals surface area (Å²) in [5.74, 6) is -0.158. The van der Waals surface area contributed by atoms with Crippen LogP contribution in [-0.4, -0.2) is 35.4 Å². The molecule has 6 nitrogen and oxygen atoms in total. The molecule has 2 rings (SSSR count). The average molecular weight is 277 g/mol. The molecule has 0 aromatic heterocycles. The monoisotopic (exact) mass is 277 g/mol. The van der Waals surface area contributed by atoms with Gasteiger partial charge in [0, 0.05) is 25.7 Å². The Morgan fingerprint density at radius 1 is 1.50 bits per heavy atom. The fourth-order valence-electron chi connectivity index (χ4n) is 2.36. The minimum atomic E-state index is -0.460. The van der Waals surface area contributed by atoms with E-state index in [0.717, 1.165) is 19.3 Å². The van der Waals surface area contributed by atoms with Gasteiger partial charge in [-0.1, -0.05) is 6.07 Å². The van der Waals surface area contributed by atoms with Crippen LogP contribution < -0.4 is 5.32 Å². The van der Waals surface area contributed by atoms with Crippen LogP contribution in [0.3, 0.4) is 0 Å². The largest absolute Gasteiger partial charge is 0.379 e. The van der Waals surface area contributed by atoms with E-state index in [1.54, 1.807) is 24.1 Å². The van der Waals surface area contributed by atoms with Crippen LogP contribution in [0, 0.1) is 10.1 Å². The lowest BCUT2D eigenvalue weighted by Gasteiger charge is -2.35. The maximum Gasteiger partial charge on any atom is 0.293 e. The molecule has 1 aromatic carbocycles. The first-order valence-corrected chi connectivity index (χ1v) is 6.84. The molecule has 1 aliphatic carbocycles. The molecule has 6 heteroatoms. The van der Waals surface area contributed by atoms with Crippen molar-refractivity contribution in [2.45, 2.75) is 32.2 Å². The molecule has 1 fully saturated rings. The number of nitro benzene ring substituents is 1. The van der Waals surface area contributed by atoms with Gasteiger partial charge < -0.3 is 10.2 Å². The van der Waals surface area contributed by atoms with E-state index in [2.05, 4.69) is 5.32 Å². The van der Waals surface area contributed by atoms with E-state index < -0.39 is 4.92 Å². The number of amides is 1. The van der Waals surface area contributed by atoms with Gasteiger partial charge in [0.2, 0.25) is 0 Å². The number of rotatable bonds is 5. The van der Waals surface area contributed by atoms with Gasteiger partial charge in [-0.3, -0.25) is 14.9 Å². The van der Waals surface area contributed by atoms with Gasteiger partial charge >= 0.3 is 0 Å². The van der Waals surface area contributed by atoms with Crippen molar-refractivity contribution < 1.29 is 9.72 Å². The van der Waals surface area contributed by atoms with Gasteiger partial charge in [0.1, 0.15) is 5.69 Å². The third-order valence-electron chi connectivity index (χ3n) is 3.77. The molecular weight excluding hydrogens is 258 g/mol. The number of benzene rings is 1. The highest BCUT2D eigenvalue weighted by molar-refractivity contribution is 6.01. The fourth-order valence-corrected chi connectivity index (χ4v) is 2.36. The molecule has 0 heterocycles. The van der Waals surface area contributed by atoms with Crippen LogP contribution in [0.15, 0.2) is 18.2 Å². The van der Waals surface area contributed by atoms with Gasteiger partial charge in [-0.25, -0.2) is 0 Å². The number of carbonyl (C=O) groups is 1. The molecule has 1 aliphatic rings. The standard InChI is InChI=1S/C14H19N3O3/c1-3-15-13-11(8-5-9-12(13)17(19)20)14(18)16(2)10-6-4-7-10/h5,8-10,15H,3-4,6-7H2,1-2H3. The molecule has 108 valence electrons. The molecule has 0 unspecified atom stereocenters. The molecule has 1 aromatic rings. The lowest BCUT2D eigenvalue weighted by molar-refractivity contribution is -0.384. The molecule has 1 saturated carbocycles. The van der Waals surface area contributed by atoms with E-state index in [-0.39, 0.29) is 17.6 Å². The normalized spacial score (nSPS) is 14.5. The summed E-state index contributed by atoms with van der Waals surface area (Å²) in [5, 5.41) is 14.0. The van der Waals surface area contributed by atoms with Crippen LogP contribution in [-0.2, 0) is 0 Å². The van der Waals surface area contributed by atoms with Crippen LogP contribution in [0.5, 0.6) is 0 Å². The Balaban J connectivity index is 2.36. The summed E-state index contributed by atoms with van der Waals surface area (Å²) in [4.78, 5) is 24.8. The van der Waals surface area contributed by atoms with Crippen LogP contribution >= 0.6 is 0 Å². The quantitative estimate of drug-likeness (QED) is 0.663. The van der Waals surface area contributed by atoms with Crippen molar-refractivity contribution in [1.29, 1.82) is 0 Å². The van der Waals surface area contributed by atoms with Crippen molar-refractivity contribution in [2.24, 2.45) is 0 Å². The second-order valence-corrected chi connectivity index (χ2v) is 4.99. The molecule has 0 aliphatic heterocycles. The average Bonchev–Trinajstić information content (AvgIpc) is 2.36. The van der Waals surface area contributed by atoms with E-state index in [1.807, 2.05) is 6.92 Å². The highest BCUT2D eigenvalue weighted by atomic mass is 16.6. The summed E-state index contributed by atoms with van der Waals surface area (Å²) < 4.78 is 0. The first-order chi connectivity index (χ1) is 9.56. The zero-order chi connectivity index (χ0) is 14.7. The van der Waals surface area contributed by atoms with Crippen LogP contribution in [0.4, 0.5) is 11.4 Å². The van der Waals surface area contributed by atoms with E-state index >= 15 is 0 Å². The van der Waals surface area contributed by atoms with Crippen molar-refractivity contribution in [3.8, 4) is 0 Å². The second kappa shape index (κ2) is 5.90. The lowest BCUT2D eigenvalue weighted by Crippen LogP contribution is -2.41. The zero-order valence-corrected chi connectivity index (χ0v) is 11.8. The number of anilines is 1. The third-order valence-corrected chi connectivity index (χ3v) is 3.77. The number of nitrogens with one attached hydrogen (secondary N) is 1. The Hall–Kier alpha value is -2.11. The highest BCUT2D eigenvalue weighted by Crippen LogP contribution is 2.31. The van der Waals surface area contributed by atoms with Crippen LogP contribution in [0.1, 0.15) is 36.5 Å². The third kappa shape index (κ3) is 2.59. The van der Waals surface area contributed by atoms with E-state index in [4.69, 9.17) is 0 Å². The summed E-state index contributed by atoms with van der Waals surface area (Å²) in [6, 6.07) is 4.87. The molecule has 1 N–H and O–H groups in total. The predicted molar refractivity (Wildman–Crippen MR) is 77.0 cm³/mol. The Labute approximate surface area is 117 Å². The first kappa shape index (κ1) is 14.3. The number of nitro groups is 1. The molecule has 0 atom stereocenters. The first-order valence-electron chi connectivity index (χ1n) is 6.84. The van der Waals surface area contributed by atoms with Gasteiger partial charge in [0.05, 0.1) is 10.5 Å². The van der Waals surface area contributed by atoms with Crippen molar-refractivity contribution >= 4 is 17.3 Å². The number of para-hydroxylation sites is 1. The van der Waals surface area contributed by atoms with E-state index in [1.165, 1.54) is 6.07 Å². The number of hydrogen-bond donors (Lipinski definition) is 1. The number of hydrogen-bond acceptors (Lipinski definition) is 4. The molecule has 0 spiro atoms. The maximum atomic E-state index is 12.5. The maximum absolute atomic E-state index is 12.5. The van der Waals surface area contributed by atoms with Gasteiger partial charge in [-0.2, -0.15) is 0 Å². The Morgan fingerprint density at radius 3 is 2.70 bits per heavy atom. The molecule has 0 bridgehead atoms. The Morgan fingerprint density at radius 2 is 2.20 bits per heavy atom.